The van der Waals surface area contributed by atoms with Crippen molar-refractivity contribution in [3.05, 3.63) is 211 Å². The highest BCUT2D eigenvalue weighted by Gasteiger charge is 2.25. The molecule has 0 atom stereocenters. The molecule has 59 heavy (non-hydrogen) atoms. The SMILES string of the molecule is CC(C)(C)c1cc(-c2cccc3cccc(-c4ccccc4N(c4ccc5ccccc5c4)c4ccc(-c5ccccc5)cc4-c4ccccc4)c23)cc(C(C)(C)C)c1. The zero-order chi connectivity index (χ0) is 40.7. The van der Waals surface area contributed by atoms with Gasteiger partial charge in [-0.15, -0.1) is 0 Å². The molecule has 0 bridgehead atoms. The first-order chi connectivity index (χ1) is 28.5. The summed E-state index contributed by atoms with van der Waals surface area (Å²) in [7, 11) is 0. The Morgan fingerprint density at radius 2 is 0.847 bits per heavy atom. The highest BCUT2D eigenvalue weighted by Crippen LogP contribution is 2.48. The van der Waals surface area contributed by atoms with E-state index in [2.05, 4.69) is 247 Å². The maximum Gasteiger partial charge on any atom is 0.0540 e. The van der Waals surface area contributed by atoms with Gasteiger partial charge >= 0.3 is 0 Å². The van der Waals surface area contributed by atoms with Crippen molar-refractivity contribution in [3.8, 4) is 44.5 Å². The Kier molecular flexibility index (Phi) is 9.77. The van der Waals surface area contributed by atoms with Crippen molar-refractivity contribution in [2.24, 2.45) is 0 Å². The highest BCUT2D eigenvalue weighted by atomic mass is 15.1. The fourth-order valence-electron chi connectivity index (χ4n) is 8.47. The van der Waals surface area contributed by atoms with Gasteiger partial charge < -0.3 is 4.90 Å². The number of anilines is 3. The smallest absolute Gasteiger partial charge is 0.0540 e. The molecule has 9 rings (SSSR count). The molecule has 0 spiro atoms. The summed E-state index contributed by atoms with van der Waals surface area (Å²) in [6.07, 6.45) is 0. The Balaban J connectivity index is 1.33. The first-order valence-corrected chi connectivity index (χ1v) is 20.8. The van der Waals surface area contributed by atoms with E-state index >= 15 is 0 Å². The molecule has 0 fully saturated rings. The summed E-state index contributed by atoms with van der Waals surface area (Å²) in [6, 6.07) is 73.9. The monoisotopic (exact) mass is 761 g/mol. The van der Waals surface area contributed by atoms with Gasteiger partial charge in [-0.2, -0.15) is 0 Å². The van der Waals surface area contributed by atoms with Crippen LogP contribution in [-0.4, -0.2) is 0 Å². The zero-order valence-corrected chi connectivity index (χ0v) is 35.0. The molecule has 9 aromatic rings. The Morgan fingerprint density at radius 1 is 0.305 bits per heavy atom. The second-order valence-corrected chi connectivity index (χ2v) is 17.9. The predicted molar refractivity (Wildman–Crippen MR) is 255 cm³/mol. The van der Waals surface area contributed by atoms with E-state index in [4.69, 9.17) is 0 Å². The van der Waals surface area contributed by atoms with Gasteiger partial charge in [0.15, 0.2) is 0 Å². The van der Waals surface area contributed by atoms with Gasteiger partial charge in [-0.1, -0.05) is 211 Å². The van der Waals surface area contributed by atoms with E-state index in [9.17, 15) is 0 Å². The second kappa shape index (κ2) is 15.2. The quantitative estimate of drug-likeness (QED) is 0.156. The molecule has 0 aliphatic carbocycles. The van der Waals surface area contributed by atoms with Crippen molar-refractivity contribution >= 4 is 38.6 Å². The third-order valence-electron chi connectivity index (χ3n) is 11.7. The maximum absolute atomic E-state index is 2.48. The van der Waals surface area contributed by atoms with Crippen LogP contribution in [0.2, 0.25) is 0 Å². The first-order valence-electron chi connectivity index (χ1n) is 20.8. The molecule has 0 unspecified atom stereocenters. The topological polar surface area (TPSA) is 3.24 Å². The lowest BCUT2D eigenvalue weighted by Gasteiger charge is -2.31. The molecule has 0 aromatic heterocycles. The minimum absolute atomic E-state index is 0.00288. The first kappa shape index (κ1) is 37.9. The number of para-hydroxylation sites is 1. The largest absolute Gasteiger partial charge is 0.309 e. The number of fused-ring (bicyclic) bond motifs is 2. The molecule has 1 heteroatoms. The Bertz CT molecular complexity index is 2900. The van der Waals surface area contributed by atoms with E-state index < -0.39 is 0 Å². The van der Waals surface area contributed by atoms with Crippen LogP contribution in [0, 0.1) is 0 Å². The summed E-state index contributed by atoms with van der Waals surface area (Å²) in [5.41, 5.74) is 15.7. The maximum atomic E-state index is 2.48. The lowest BCUT2D eigenvalue weighted by Crippen LogP contribution is -2.16. The third-order valence-corrected chi connectivity index (χ3v) is 11.7. The van der Waals surface area contributed by atoms with Gasteiger partial charge in [0, 0.05) is 16.8 Å². The van der Waals surface area contributed by atoms with Gasteiger partial charge in [0.1, 0.15) is 0 Å². The van der Waals surface area contributed by atoms with Crippen molar-refractivity contribution in [1.82, 2.24) is 0 Å². The second-order valence-electron chi connectivity index (χ2n) is 17.9. The van der Waals surface area contributed by atoms with Gasteiger partial charge in [0.05, 0.1) is 11.4 Å². The van der Waals surface area contributed by atoms with Gasteiger partial charge in [-0.05, 0) is 107 Å². The Hall–Kier alpha value is -6.70. The fraction of sp³-hybridized carbons (Fsp3) is 0.138. The lowest BCUT2D eigenvalue weighted by molar-refractivity contribution is 0.569. The summed E-state index contributed by atoms with van der Waals surface area (Å²) in [6.45, 7) is 13.9. The average Bonchev–Trinajstić information content (AvgIpc) is 3.26. The number of rotatable bonds is 7. The molecule has 0 N–H and O–H groups in total. The average molecular weight is 762 g/mol. The molecule has 0 heterocycles. The van der Waals surface area contributed by atoms with Crippen molar-refractivity contribution < 1.29 is 0 Å². The Labute approximate surface area is 350 Å². The minimum Gasteiger partial charge on any atom is -0.309 e. The third kappa shape index (κ3) is 7.46. The van der Waals surface area contributed by atoms with E-state index in [1.165, 1.54) is 77.2 Å². The van der Waals surface area contributed by atoms with Crippen LogP contribution in [0.25, 0.3) is 66.1 Å². The molecule has 9 aromatic carbocycles. The molecule has 0 saturated heterocycles. The van der Waals surface area contributed by atoms with Crippen LogP contribution in [0.5, 0.6) is 0 Å². The van der Waals surface area contributed by atoms with Gasteiger partial charge in [0.25, 0.3) is 0 Å². The Morgan fingerprint density at radius 3 is 1.53 bits per heavy atom. The van der Waals surface area contributed by atoms with Crippen LogP contribution >= 0.6 is 0 Å². The minimum atomic E-state index is 0.00288. The highest BCUT2D eigenvalue weighted by molar-refractivity contribution is 6.09. The van der Waals surface area contributed by atoms with Gasteiger partial charge in [-0.3, -0.25) is 0 Å². The molecule has 0 radical (unpaired) electrons. The molecular formula is C58H51N. The standard InChI is InChI=1S/C58H51N/c1-57(2,3)47-35-46(36-48(39-47)58(4,5)6)50-28-17-25-43-26-18-29-52(56(43)50)51-27-15-16-30-54(51)59(49-33-31-41-21-13-14-24-44(41)37-49)55-34-32-45(40-19-9-7-10-20-40)38-53(55)42-22-11-8-12-23-42/h7-39H,1-6H3. The van der Waals surface area contributed by atoms with Crippen LogP contribution in [0.1, 0.15) is 52.7 Å². The number of nitrogens with zero attached hydrogens (tertiary/aromatic N) is 1. The molecule has 288 valence electrons. The van der Waals surface area contributed by atoms with E-state index in [1.54, 1.807) is 0 Å². The molecule has 0 aliphatic heterocycles. The van der Waals surface area contributed by atoms with E-state index in [0.717, 1.165) is 17.1 Å². The number of benzene rings is 9. The van der Waals surface area contributed by atoms with Crippen molar-refractivity contribution in [2.45, 2.75) is 52.4 Å². The summed E-state index contributed by atoms with van der Waals surface area (Å²) in [5, 5.41) is 4.91. The van der Waals surface area contributed by atoms with E-state index in [-0.39, 0.29) is 10.8 Å². The molecule has 0 amide bonds. The number of hydrogen-bond donors (Lipinski definition) is 0. The van der Waals surface area contributed by atoms with Crippen LogP contribution < -0.4 is 4.90 Å². The van der Waals surface area contributed by atoms with Crippen LogP contribution in [0.4, 0.5) is 17.1 Å². The van der Waals surface area contributed by atoms with Crippen LogP contribution in [-0.2, 0) is 10.8 Å². The number of hydrogen-bond acceptors (Lipinski definition) is 1. The zero-order valence-electron chi connectivity index (χ0n) is 35.0. The lowest BCUT2D eigenvalue weighted by atomic mass is 9.78. The van der Waals surface area contributed by atoms with Crippen molar-refractivity contribution in [3.63, 3.8) is 0 Å². The van der Waals surface area contributed by atoms with Crippen molar-refractivity contribution in [1.29, 1.82) is 0 Å². The molecule has 0 aliphatic rings. The predicted octanol–water partition coefficient (Wildman–Crippen LogP) is 16.7. The summed E-state index contributed by atoms with van der Waals surface area (Å²) in [4.78, 5) is 2.48. The van der Waals surface area contributed by atoms with Gasteiger partial charge in [0.2, 0.25) is 0 Å². The normalized spacial score (nSPS) is 11.9. The van der Waals surface area contributed by atoms with Crippen LogP contribution in [0.3, 0.4) is 0 Å². The molecular weight excluding hydrogens is 711 g/mol. The molecule has 0 saturated carbocycles. The van der Waals surface area contributed by atoms with E-state index in [0.29, 0.717) is 0 Å². The van der Waals surface area contributed by atoms with Gasteiger partial charge in [-0.25, -0.2) is 0 Å². The van der Waals surface area contributed by atoms with Crippen molar-refractivity contribution in [2.75, 3.05) is 4.90 Å². The summed E-state index contributed by atoms with van der Waals surface area (Å²) < 4.78 is 0. The summed E-state index contributed by atoms with van der Waals surface area (Å²) >= 11 is 0. The summed E-state index contributed by atoms with van der Waals surface area (Å²) in [5.74, 6) is 0. The van der Waals surface area contributed by atoms with Crippen LogP contribution in [0.15, 0.2) is 200 Å². The van der Waals surface area contributed by atoms with E-state index in [1.807, 2.05) is 0 Å². The fourth-order valence-corrected chi connectivity index (χ4v) is 8.47. The molecule has 1 nitrogen and oxygen atoms in total.